The predicted molar refractivity (Wildman–Crippen MR) is 137 cm³/mol. The summed E-state index contributed by atoms with van der Waals surface area (Å²) in [7, 11) is 0. The van der Waals surface area contributed by atoms with E-state index >= 15 is 0 Å². The Morgan fingerprint density at radius 2 is 2.03 bits per heavy atom. The standard InChI is InChI=1S/C26H37N5O3S/c1-18-15-22(19(2)30(18)13-12-20-7-4-3-5-8-20)23(32)17-35-26-29-28-25(11-10-24(27)33)31(26)16-21-9-6-14-34-21/h7,15,21H,3-6,8-14,16-17H2,1-2H3,(H2,27,33)/t21-/m1/s1. The number of allylic oxidation sites excluding steroid dienone is 2. The molecular formula is C26H37N5O3S. The number of rotatable bonds is 12. The Balaban J connectivity index is 1.42. The van der Waals surface area contributed by atoms with Gasteiger partial charge in [-0.3, -0.25) is 9.59 Å². The van der Waals surface area contributed by atoms with E-state index < -0.39 is 0 Å². The average molecular weight is 500 g/mol. The van der Waals surface area contributed by atoms with Gasteiger partial charge >= 0.3 is 0 Å². The van der Waals surface area contributed by atoms with E-state index in [1.165, 1.54) is 37.4 Å². The summed E-state index contributed by atoms with van der Waals surface area (Å²) in [5, 5.41) is 9.31. The smallest absolute Gasteiger partial charge is 0.217 e. The monoisotopic (exact) mass is 499 g/mol. The maximum absolute atomic E-state index is 13.2. The first-order chi connectivity index (χ1) is 16.9. The molecule has 1 amide bonds. The van der Waals surface area contributed by atoms with Gasteiger partial charge in [-0.15, -0.1) is 10.2 Å². The molecule has 4 rings (SSSR count). The predicted octanol–water partition coefficient (Wildman–Crippen LogP) is 4.16. The molecule has 0 aromatic carbocycles. The quantitative estimate of drug-likeness (QED) is 0.267. The molecule has 8 nitrogen and oxygen atoms in total. The van der Waals surface area contributed by atoms with Gasteiger partial charge < -0.3 is 19.6 Å². The normalized spacial score (nSPS) is 18.1. The first kappa shape index (κ1) is 25.7. The van der Waals surface area contributed by atoms with Crippen LogP contribution in [0.3, 0.4) is 0 Å². The number of primary amides is 1. The van der Waals surface area contributed by atoms with Gasteiger partial charge in [0.25, 0.3) is 0 Å². The molecule has 2 aliphatic rings. The number of amides is 1. The lowest BCUT2D eigenvalue weighted by Crippen LogP contribution is -2.19. The van der Waals surface area contributed by atoms with Gasteiger partial charge in [-0.25, -0.2) is 0 Å². The third-order valence-electron chi connectivity index (χ3n) is 7.05. The highest BCUT2D eigenvalue weighted by atomic mass is 32.2. The van der Waals surface area contributed by atoms with Gasteiger partial charge in [0.1, 0.15) is 5.82 Å². The summed E-state index contributed by atoms with van der Waals surface area (Å²) < 4.78 is 10.1. The van der Waals surface area contributed by atoms with Gasteiger partial charge in [0.15, 0.2) is 10.9 Å². The van der Waals surface area contributed by atoms with Gasteiger partial charge in [0, 0.05) is 42.9 Å². The number of nitrogens with zero attached hydrogens (tertiary/aromatic N) is 4. The zero-order chi connectivity index (χ0) is 24.8. The van der Waals surface area contributed by atoms with E-state index in [1.807, 2.05) is 17.6 Å². The Kier molecular flexibility index (Phi) is 8.83. The maximum Gasteiger partial charge on any atom is 0.217 e. The number of ether oxygens (including phenoxy) is 1. The van der Waals surface area contributed by atoms with Gasteiger partial charge in [0.05, 0.1) is 18.4 Å². The van der Waals surface area contributed by atoms with Crippen LogP contribution in [0.1, 0.15) is 78.9 Å². The number of carbonyl (C=O) groups excluding carboxylic acids is 2. The van der Waals surface area contributed by atoms with Gasteiger partial charge in [-0.05, 0) is 64.9 Å². The number of Topliss-reactive ketones (excluding diaryl/α,β-unsaturated/α-hetero) is 1. The molecule has 190 valence electrons. The van der Waals surface area contributed by atoms with Gasteiger partial charge in [0.2, 0.25) is 5.91 Å². The topological polar surface area (TPSA) is 105 Å². The van der Waals surface area contributed by atoms with Crippen molar-refractivity contribution in [3.63, 3.8) is 0 Å². The Labute approximate surface area is 211 Å². The summed E-state index contributed by atoms with van der Waals surface area (Å²) in [6, 6.07) is 2.02. The molecule has 0 unspecified atom stereocenters. The summed E-state index contributed by atoms with van der Waals surface area (Å²) in [6.07, 6.45) is 11.2. The second-order valence-electron chi connectivity index (χ2n) is 9.62. The number of ketones is 1. The number of aromatic nitrogens is 4. The van der Waals surface area contributed by atoms with Crippen LogP contribution in [0.15, 0.2) is 22.9 Å². The first-order valence-corrected chi connectivity index (χ1v) is 13.7. The van der Waals surface area contributed by atoms with Gasteiger partial charge in [-0.1, -0.05) is 23.4 Å². The Hall–Kier alpha value is -2.39. The van der Waals surface area contributed by atoms with Crippen molar-refractivity contribution in [1.82, 2.24) is 19.3 Å². The highest BCUT2D eigenvalue weighted by molar-refractivity contribution is 7.99. The van der Waals surface area contributed by atoms with E-state index in [0.29, 0.717) is 23.9 Å². The lowest BCUT2D eigenvalue weighted by Gasteiger charge is -2.15. The van der Waals surface area contributed by atoms with E-state index in [9.17, 15) is 9.59 Å². The van der Waals surface area contributed by atoms with Crippen molar-refractivity contribution >= 4 is 23.5 Å². The average Bonchev–Trinajstić information content (AvgIpc) is 3.56. The molecule has 0 radical (unpaired) electrons. The van der Waals surface area contributed by atoms with Crippen LogP contribution >= 0.6 is 11.8 Å². The zero-order valence-corrected chi connectivity index (χ0v) is 21.7. The van der Waals surface area contributed by atoms with Crippen molar-refractivity contribution in [3.05, 3.63) is 40.5 Å². The minimum absolute atomic E-state index is 0.0941. The van der Waals surface area contributed by atoms with E-state index in [-0.39, 0.29) is 30.0 Å². The molecule has 0 bridgehead atoms. The molecule has 0 saturated carbocycles. The SMILES string of the molecule is Cc1cc(C(=O)CSc2nnc(CCC(N)=O)n2C[C@H]2CCCO2)c(C)n1CCC1=CCCCC1. The molecule has 2 aromatic rings. The fourth-order valence-corrected chi connectivity index (χ4v) is 5.89. The lowest BCUT2D eigenvalue weighted by molar-refractivity contribution is -0.118. The Bertz CT molecular complexity index is 1080. The Morgan fingerprint density at radius 1 is 1.17 bits per heavy atom. The maximum atomic E-state index is 13.2. The van der Waals surface area contributed by atoms with Gasteiger partial charge in [-0.2, -0.15) is 0 Å². The van der Waals surface area contributed by atoms with Crippen LogP contribution in [0.4, 0.5) is 0 Å². The molecule has 1 atom stereocenters. The van der Waals surface area contributed by atoms with Crippen molar-refractivity contribution in [3.8, 4) is 0 Å². The lowest BCUT2D eigenvalue weighted by atomic mass is 9.97. The fourth-order valence-electron chi connectivity index (χ4n) is 5.04. The highest BCUT2D eigenvalue weighted by Gasteiger charge is 2.23. The van der Waals surface area contributed by atoms with Crippen LogP contribution in [-0.2, 0) is 29.0 Å². The van der Waals surface area contributed by atoms with Crippen molar-refractivity contribution in [2.75, 3.05) is 12.4 Å². The number of nitrogens with two attached hydrogens (primary N) is 1. The van der Waals surface area contributed by atoms with Crippen LogP contribution in [0.25, 0.3) is 0 Å². The van der Waals surface area contributed by atoms with Crippen molar-refractivity contribution in [2.45, 2.75) is 96.0 Å². The zero-order valence-electron chi connectivity index (χ0n) is 20.9. The minimum Gasteiger partial charge on any atom is -0.376 e. The molecule has 1 fully saturated rings. The molecule has 1 aliphatic heterocycles. The summed E-state index contributed by atoms with van der Waals surface area (Å²) >= 11 is 1.40. The van der Waals surface area contributed by atoms with E-state index in [2.05, 4.69) is 27.8 Å². The second kappa shape index (κ2) is 12.0. The first-order valence-electron chi connectivity index (χ1n) is 12.7. The van der Waals surface area contributed by atoms with Crippen LogP contribution in [0.5, 0.6) is 0 Å². The van der Waals surface area contributed by atoms with Crippen LogP contribution in [0.2, 0.25) is 0 Å². The van der Waals surface area contributed by atoms with Crippen LogP contribution in [-0.4, -0.2) is 49.5 Å². The Morgan fingerprint density at radius 3 is 2.74 bits per heavy atom. The van der Waals surface area contributed by atoms with E-state index in [1.54, 1.807) is 5.57 Å². The van der Waals surface area contributed by atoms with Crippen molar-refractivity contribution < 1.29 is 14.3 Å². The highest BCUT2D eigenvalue weighted by Crippen LogP contribution is 2.26. The largest absolute Gasteiger partial charge is 0.376 e. The fraction of sp³-hybridized carbons (Fsp3) is 0.615. The summed E-state index contributed by atoms with van der Waals surface area (Å²) in [5.74, 6) is 0.728. The van der Waals surface area contributed by atoms with E-state index in [4.69, 9.17) is 10.5 Å². The molecular weight excluding hydrogens is 462 g/mol. The molecule has 0 spiro atoms. The number of hydrogen-bond donors (Lipinski definition) is 1. The van der Waals surface area contributed by atoms with Crippen LogP contribution in [0, 0.1) is 13.8 Å². The molecule has 2 aromatic heterocycles. The van der Waals surface area contributed by atoms with Crippen LogP contribution < -0.4 is 5.73 Å². The minimum atomic E-state index is -0.365. The number of hydrogen-bond acceptors (Lipinski definition) is 6. The molecule has 9 heteroatoms. The molecule has 1 saturated heterocycles. The number of thioether (sulfide) groups is 1. The molecule has 2 N–H and O–H groups in total. The third kappa shape index (κ3) is 6.64. The second-order valence-corrected chi connectivity index (χ2v) is 10.6. The summed E-state index contributed by atoms with van der Waals surface area (Å²) in [6.45, 7) is 6.43. The molecule has 1 aliphatic carbocycles. The summed E-state index contributed by atoms with van der Waals surface area (Å²) in [5.41, 5.74) is 9.83. The van der Waals surface area contributed by atoms with Crippen molar-refractivity contribution in [1.29, 1.82) is 0 Å². The number of carbonyl (C=O) groups is 2. The third-order valence-corrected chi connectivity index (χ3v) is 8.01. The molecule has 3 heterocycles. The number of aryl methyl sites for hydroxylation is 2. The summed E-state index contributed by atoms with van der Waals surface area (Å²) in [4.78, 5) is 24.5. The van der Waals surface area contributed by atoms with Crippen molar-refractivity contribution in [2.24, 2.45) is 5.73 Å². The van der Waals surface area contributed by atoms with E-state index in [0.717, 1.165) is 49.4 Å². The molecule has 35 heavy (non-hydrogen) atoms.